The maximum Gasteiger partial charge on any atom is 0.257 e. The summed E-state index contributed by atoms with van der Waals surface area (Å²) in [6.07, 6.45) is 3.11. The van der Waals surface area contributed by atoms with Gasteiger partial charge in [0.25, 0.3) is 5.91 Å². The molecule has 1 saturated heterocycles. The predicted octanol–water partition coefficient (Wildman–Crippen LogP) is 4.40. The Morgan fingerprint density at radius 2 is 1.71 bits per heavy atom. The van der Waals surface area contributed by atoms with Gasteiger partial charge >= 0.3 is 0 Å². The molecular weight excluding hydrogens is 346 g/mol. The van der Waals surface area contributed by atoms with Crippen molar-refractivity contribution in [1.82, 2.24) is 9.91 Å². The second-order valence-corrected chi connectivity index (χ2v) is 8.24. The van der Waals surface area contributed by atoms with Crippen molar-refractivity contribution in [3.8, 4) is 0 Å². The number of carbonyl (C=O) groups excluding carboxylic acids is 1. The van der Waals surface area contributed by atoms with Crippen molar-refractivity contribution < 1.29 is 4.79 Å². The minimum Gasteiger partial charge on any atom is -0.294 e. The van der Waals surface area contributed by atoms with E-state index in [2.05, 4.69) is 55.1 Å². The van der Waals surface area contributed by atoms with Gasteiger partial charge in [0, 0.05) is 6.42 Å². The molecule has 1 amide bonds. The molecule has 2 heterocycles. The fourth-order valence-corrected chi connectivity index (χ4v) is 4.08. The Bertz CT molecular complexity index is 836. The molecule has 1 fully saturated rings. The van der Waals surface area contributed by atoms with Crippen LogP contribution >= 0.6 is 0 Å². The first-order chi connectivity index (χ1) is 13.6. The summed E-state index contributed by atoms with van der Waals surface area (Å²) in [5.41, 5.74) is 4.47. The van der Waals surface area contributed by atoms with Gasteiger partial charge in [-0.05, 0) is 49.9 Å². The van der Waals surface area contributed by atoms with E-state index < -0.39 is 0 Å². The highest BCUT2D eigenvalue weighted by Crippen LogP contribution is 2.33. The highest BCUT2D eigenvalue weighted by atomic mass is 16.2. The molecule has 2 aromatic rings. The van der Waals surface area contributed by atoms with Gasteiger partial charge < -0.3 is 0 Å². The Hall–Kier alpha value is -2.46. The molecule has 0 aliphatic carbocycles. The second kappa shape index (κ2) is 8.27. The number of aryl methyl sites for hydroxylation is 1. The predicted molar refractivity (Wildman–Crippen MR) is 113 cm³/mol. The van der Waals surface area contributed by atoms with Gasteiger partial charge in [-0.1, -0.05) is 67.1 Å². The van der Waals surface area contributed by atoms with Gasteiger partial charge in [-0.3, -0.25) is 9.69 Å². The molecule has 1 atom stereocenters. The minimum absolute atomic E-state index is 0.0213. The van der Waals surface area contributed by atoms with Gasteiger partial charge in [0.1, 0.15) is 0 Å². The van der Waals surface area contributed by atoms with Crippen molar-refractivity contribution >= 4 is 11.6 Å². The van der Waals surface area contributed by atoms with Crippen molar-refractivity contribution in [1.29, 1.82) is 0 Å². The number of piperidine rings is 1. The molecule has 0 aromatic heterocycles. The smallest absolute Gasteiger partial charge is 0.257 e. The number of hydrogen-bond acceptors (Lipinski definition) is 3. The molecule has 0 N–H and O–H groups in total. The zero-order valence-corrected chi connectivity index (χ0v) is 16.8. The number of rotatable bonds is 4. The first-order valence-corrected chi connectivity index (χ1v) is 10.3. The van der Waals surface area contributed by atoms with Crippen LogP contribution in [-0.2, 0) is 4.79 Å². The van der Waals surface area contributed by atoms with Crippen molar-refractivity contribution in [3.63, 3.8) is 0 Å². The third kappa shape index (κ3) is 4.17. The summed E-state index contributed by atoms with van der Waals surface area (Å²) in [6, 6.07) is 18.7. The van der Waals surface area contributed by atoms with Crippen molar-refractivity contribution in [2.75, 3.05) is 19.6 Å². The normalized spacial score (nSPS) is 21.0. The van der Waals surface area contributed by atoms with E-state index >= 15 is 0 Å². The van der Waals surface area contributed by atoms with E-state index in [-0.39, 0.29) is 11.9 Å². The maximum absolute atomic E-state index is 13.2. The highest BCUT2D eigenvalue weighted by Gasteiger charge is 2.34. The number of hydrazone groups is 1. The summed E-state index contributed by atoms with van der Waals surface area (Å²) in [6.45, 7) is 6.85. The van der Waals surface area contributed by atoms with E-state index in [0.717, 1.165) is 42.3 Å². The van der Waals surface area contributed by atoms with Crippen LogP contribution in [0.2, 0.25) is 0 Å². The number of benzene rings is 2. The summed E-state index contributed by atoms with van der Waals surface area (Å²) in [5, 5.41) is 6.53. The standard InChI is InChI=1S/C24H29N3O/c1-18-8-10-21(11-9-18)23-16-22(20-6-4-3-5-7-20)25-27(23)24(28)17-26-14-12-19(2)13-15-26/h3-11,19,23H,12-17H2,1-2H3. The van der Waals surface area contributed by atoms with Crippen LogP contribution in [0.4, 0.5) is 0 Å². The Balaban J connectivity index is 1.56. The number of carbonyl (C=O) groups is 1. The van der Waals surface area contributed by atoms with Gasteiger partial charge in [0.05, 0.1) is 18.3 Å². The largest absolute Gasteiger partial charge is 0.294 e. The van der Waals surface area contributed by atoms with Crippen LogP contribution in [0.1, 0.15) is 48.9 Å². The molecule has 28 heavy (non-hydrogen) atoms. The molecule has 1 unspecified atom stereocenters. The molecule has 0 bridgehead atoms. The topological polar surface area (TPSA) is 35.9 Å². The van der Waals surface area contributed by atoms with Crippen LogP contribution in [0.3, 0.4) is 0 Å². The minimum atomic E-state index is -0.0213. The van der Waals surface area contributed by atoms with E-state index in [1.807, 2.05) is 18.2 Å². The summed E-state index contributed by atoms with van der Waals surface area (Å²) < 4.78 is 0. The number of hydrogen-bond donors (Lipinski definition) is 0. The van der Waals surface area contributed by atoms with Crippen LogP contribution < -0.4 is 0 Å². The SMILES string of the molecule is Cc1ccc(C2CC(c3ccccc3)=NN2C(=O)CN2CCC(C)CC2)cc1. The molecule has 146 valence electrons. The molecule has 4 nitrogen and oxygen atoms in total. The Morgan fingerprint density at radius 1 is 1.04 bits per heavy atom. The van der Waals surface area contributed by atoms with Crippen LogP contribution in [-0.4, -0.2) is 41.2 Å². The number of amides is 1. The maximum atomic E-state index is 13.2. The Morgan fingerprint density at radius 3 is 2.39 bits per heavy atom. The fourth-order valence-electron chi connectivity index (χ4n) is 4.08. The van der Waals surface area contributed by atoms with Gasteiger partial charge in [-0.2, -0.15) is 5.10 Å². The van der Waals surface area contributed by atoms with Crippen molar-refractivity contribution in [2.45, 2.75) is 39.2 Å². The van der Waals surface area contributed by atoms with Crippen molar-refractivity contribution in [3.05, 3.63) is 71.3 Å². The lowest BCUT2D eigenvalue weighted by Crippen LogP contribution is -2.41. The molecule has 2 aliphatic rings. The van der Waals surface area contributed by atoms with E-state index in [9.17, 15) is 4.79 Å². The fraction of sp³-hybridized carbons (Fsp3) is 0.417. The monoisotopic (exact) mass is 375 g/mol. The molecular formula is C24H29N3O. The lowest BCUT2D eigenvalue weighted by molar-refractivity contribution is -0.134. The molecule has 2 aliphatic heterocycles. The van der Waals surface area contributed by atoms with Crippen LogP contribution in [0.15, 0.2) is 59.7 Å². The molecule has 0 saturated carbocycles. The molecule has 4 heteroatoms. The average Bonchev–Trinajstić information content (AvgIpc) is 3.17. The molecule has 2 aromatic carbocycles. The molecule has 4 rings (SSSR count). The van der Waals surface area contributed by atoms with Crippen LogP contribution in [0.5, 0.6) is 0 Å². The lowest BCUT2D eigenvalue weighted by atomic mass is 9.97. The molecule has 0 radical (unpaired) electrons. The third-order valence-corrected chi connectivity index (χ3v) is 5.97. The van der Waals surface area contributed by atoms with E-state index in [1.165, 1.54) is 18.4 Å². The van der Waals surface area contributed by atoms with E-state index in [0.29, 0.717) is 6.54 Å². The van der Waals surface area contributed by atoms with Gasteiger partial charge in [-0.25, -0.2) is 5.01 Å². The van der Waals surface area contributed by atoms with Crippen LogP contribution in [0, 0.1) is 12.8 Å². The van der Waals surface area contributed by atoms with E-state index in [1.54, 1.807) is 5.01 Å². The van der Waals surface area contributed by atoms with Gasteiger partial charge in [0.15, 0.2) is 0 Å². The number of likely N-dealkylation sites (tertiary alicyclic amines) is 1. The zero-order valence-electron chi connectivity index (χ0n) is 16.8. The van der Waals surface area contributed by atoms with E-state index in [4.69, 9.17) is 5.10 Å². The second-order valence-electron chi connectivity index (χ2n) is 8.24. The Labute approximate surface area is 167 Å². The summed E-state index contributed by atoms with van der Waals surface area (Å²) in [5.74, 6) is 0.868. The lowest BCUT2D eigenvalue weighted by Gasteiger charge is -2.31. The summed E-state index contributed by atoms with van der Waals surface area (Å²) >= 11 is 0. The first-order valence-electron chi connectivity index (χ1n) is 10.3. The van der Waals surface area contributed by atoms with Crippen molar-refractivity contribution in [2.24, 2.45) is 11.0 Å². The quantitative estimate of drug-likeness (QED) is 0.794. The number of nitrogens with zero attached hydrogens (tertiary/aromatic N) is 3. The van der Waals surface area contributed by atoms with Gasteiger partial charge in [0.2, 0.25) is 0 Å². The molecule has 0 spiro atoms. The first kappa shape index (κ1) is 18.9. The zero-order chi connectivity index (χ0) is 19.5. The summed E-state index contributed by atoms with van der Waals surface area (Å²) in [4.78, 5) is 15.5. The van der Waals surface area contributed by atoms with Crippen LogP contribution in [0.25, 0.3) is 0 Å². The highest BCUT2D eigenvalue weighted by molar-refractivity contribution is 6.03. The third-order valence-electron chi connectivity index (χ3n) is 5.97. The summed E-state index contributed by atoms with van der Waals surface area (Å²) in [7, 11) is 0. The average molecular weight is 376 g/mol. The Kier molecular flexibility index (Phi) is 5.58. The van der Waals surface area contributed by atoms with Gasteiger partial charge in [-0.15, -0.1) is 0 Å².